The highest BCUT2D eigenvalue weighted by atomic mass is 19.3. The lowest BCUT2D eigenvalue weighted by Gasteiger charge is -2.27. The van der Waals surface area contributed by atoms with Crippen LogP contribution in [-0.4, -0.2) is 23.9 Å². The minimum absolute atomic E-state index is 0.141. The monoisotopic (exact) mass is 318 g/mol. The summed E-state index contributed by atoms with van der Waals surface area (Å²) in [5.74, 6) is -4.74. The van der Waals surface area contributed by atoms with Crippen LogP contribution in [-0.2, 0) is 17.3 Å². The molecule has 23 heavy (non-hydrogen) atoms. The number of halogens is 2. The van der Waals surface area contributed by atoms with E-state index in [1.165, 1.54) is 29.2 Å². The molecule has 2 aromatic carbocycles. The first kappa shape index (κ1) is 17.1. The van der Waals surface area contributed by atoms with Crippen molar-refractivity contribution in [3.8, 4) is 0 Å². The molecule has 0 saturated carbocycles. The second kappa shape index (κ2) is 7.83. The summed E-state index contributed by atoms with van der Waals surface area (Å²) in [6.45, 7) is 0.685. The second-order valence-electron chi connectivity index (χ2n) is 5.29. The van der Waals surface area contributed by atoms with Crippen molar-refractivity contribution in [3.63, 3.8) is 0 Å². The van der Waals surface area contributed by atoms with Crippen LogP contribution in [0.4, 0.5) is 8.78 Å². The summed E-state index contributed by atoms with van der Waals surface area (Å²) in [5.41, 5.74) is 5.98. The van der Waals surface area contributed by atoms with Gasteiger partial charge in [-0.1, -0.05) is 60.7 Å². The number of carbonyl (C=O) groups is 1. The van der Waals surface area contributed by atoms with Gasteiger partial charge in [-0.25, -0.2) is 0 Å². The summed E-state index contributed by atoms with van der Waals surface area (Å²) in [5, 5.41) is 0. The Hall–Kier alpha value is -2.27. The third-order valence-electron chi connectivity index (χ3n) is 3.54. The predicted octanol–water partition coefficient (Wildman–Crippen LogP) is 3.16. The van der Waals surface area contributed by atoms with E-state index < -0.39 is 11.8 Å². The number of benzene rings is 2. The van der Waals surface area contributed by atoms with E-state index in [0.29, 0.717) is 13.0 Å². The quantitative estimate of drug-likeness (QED) is 0.852. The summed E-state index contributed by atoms with van der Waals surface area (Å²) in [6.07, 6.45) is 0.476. The molecule has 3 nitrogen and oxygen atoms in total. The number of hydrogen-bond acceptors (Lipinski definition) is 2. The number of nitrogens with two attached hydrogens (primary N) is 1. The summed E-state index contributed by atoms with van der Waals surface area (Å²) in [4.78, 5) is 13.6. The smallest absolute Gasteiger partial charge is 0.333 e. The van der Waals surface area contributed by atoms with Gasteiger partial charge in [0.15, 0.2) is 0 Å². The van der Waals surface area contributed by atoms with Crippen molar-refractivity contribution >= 4 is 5.91 Å². The molecule has 0 fully saturated rings. The lowest BCUT2D eigenvalue weighted by Crippen LogP contribution is -2.42. The van der Waals surface area contributed by atoms with Gasteiger partial charge in [0.05, 0.1) is 0 Å². The number of nitrogens with zero attached hydrogens (tertiary/aromatic N) is 1. The van der Waals surface area contributed by atoms with E-state index >= 15 is 0 Å². The lowest BCUT2D eigenvalue weighted by atomic mass is 10.1. The van der Waals surface area contributed by atoms with Crippen molar-refractivity contribution in [1.29, 1.82) is 0 Å². The molecule has 0 atom stereocenters. The Bertz CT molecular complexity index is 617. The zero-order valence-corrected chi connectivity index (χ0v) is 12.8. The van der Waals surface area contributed by atoms with Crippen LogP contribution in [0.25, 0.3) is 0 Å². The fourth-order valence-electron chi connectivity index (χ4n) is 2.31. The third-order valence-corrected chi connectivity index (χ3v) is 3.54. The Morgan fingerprint density at radius 3 is 2.13 bits per heavy atom. The molecule has 0 aromatic heterocycles. The maximum atomic E-state index is 14.5. The number of amides is 1. The fourth-order valence-corrected chi connectivity index (χ4v) is 2.31. The highest BCUT2D eigenvalue weighted by Crippen LogP contribution is 2.30. The fraction of sp³-hybridized carbons (Fsp3) is 0.278. The van der Waals surface area contributed by atoms with Gasteiger partial charge in [-0.15, -0.1) is 0 Å². The Labute approximate surface area is 134 Å². The van der Waals surface area contributed by atoms with Crippen LogP contribution in [0.1, 0.15) is 17.5 Å². The van der Waals surface area contributed by atoms with E-state index in [-0.39, 0.29) is 18.7 Å². The summed E-state index contributed by atoms with van der Waals surface area (Å²) in [6, 6.07) is 16.3. The van der Waals surface area contributed by atoms with Crippen LogP contribution >= 0.6 is 0 Å². The largest absolute Gasteiger partial charge is 0.349 e. The highest BCUT2D eigenvalue weighted by molar-refractivity contribution is 5.84. The van der Waals surface area contributed by atoms with Crippen molar-refractivity contribution in [2.24, 2.45) is 5.73 Å². The second-order valence-corrected chi connectivity index (χ2v) is 5.29. The van der Waals surface area contributed by atoms with Gasteiger partial charge in [0.25, 0.3) is 5.91 Å². The molecule has 0 aliphatic rings. The Morgan fingerprint density at radius 1 is 1.00 bits per heavy atom. The van der Waals surface area contributed by atoms with Crippen molar-refractivity contribution in [1.82, 2.24) is 4.90 Å². The van der Waals surface area contributed by atoms with Crippen molar-refractivity contribution in [2.75, 3.05) is 13.1 Å². The first-order chi connectivity index (χ1) is 11.1. The minimum Gasteiger partial charge on any atom is -0.333 e. The minimum atomic E-state index is -3.55. The number of alkyl halides is 2. The van der Waals surface area contributed by atoms with Crippen molar-refractivity contribution in [3.05, 3.63) is 71.8 Å². The summed E-state index contributed by atoms with van der Waals surface area (Å²) in [7, 11) is 0. The Morgan fingerprint density at radius 2 is 1.57 bits per heavy atom. The molecular weight excluding hydrogens is 298 g/mol. The van der Waals surface area contributed by atoms with Crippen LogP contribution < -0.4 is 5.73 Å². The lowest BCUT2D eigenvalue weighted by molar-refractivity contribution is -0.159. The molecule has 122 valence electrons. The molecule has 2 aromatic rings. The van der Waals surface area contributed by atoms with E-state index in [0.717, 1.165) is 5.56 Å². The first-order valence-electron chi connectivity index (χ1n) is 7.52. The molecule has 0 radical (unpaired) electrons. The number of carbonyl (C=O) groups excluding carboxylic acids is 1. The van der Waals surface area contributed by atoms with E-state index in [1.807, 2.05) is 30.3 Å². The Kier molecular flexibility index (Phi) is 5.82. The van der Waals surface area contributed by atoms with Crippen molar-refractivity contribution < 1.29 is 13.6 Å². The van der Waals surface area contributed by atoms with Gasteiger partial charge in [0.1, 0.15) is 0 Å². The van der Waals surface area contributed by atoms with E-state index in [1.54, 1.807) is 6.07 Å². The molecule has 0 heterocycles. The zero-order valence-electron chi connectivity index (χ0n) is 12.8. The average Bonchev–Trinajstić information content (AvgIpc) is 2.59. The van der Waals surface area contributed by atoms with Crippen LogP contribution in [0.2, 0.25) is 0 Å². The van der Waals surface area contributed by atoms with Gasteiger partial charge >= 0.3 is 5.92 Å². The molecule has 0 bridgehead atoms. The van der Waals surface area contributed by atoms with Crippen LogP contribution in [0.3, 0.4) is 0 Å². The maximum absolute atomic E-state index is 14.5. The predicted molar refractivity (Wildman–Crippen MR) is 85.9 cm³/mol. The molecule has 0 unspecified atom stereocenters. The molecule has 1 amide bonds. The van der Waals surface area contributed by atoms with Gasteiger partial charge in [0, 0.05) is 18.7 Å². The van der Waals surface area contributed by atoms with Crippen LogP contribution in [0.15, 0.2) is 60.7 Å². The maximum Gasteiger partial charge on any atom is 0.349 e. The molecule has 5 heteroatoms. The molecule has 2 N–H and O–H groups in total. The molecule has 0 spiro atoms. The third kappa shape index (κ3) is 4.36. The van der Waals surface area contributed by atoms with E-state index in [4.69, 9.17) is 5.73 Å². The van der Waals surface area contributed by atoms with Crippen molar-refractivity contribution in [2.45, 2.75) is 18.9 Å². The molecule has 0 aliphatic heterocycles. The van der Waals surface area contributed by atoms with Gasteiger partial charge in [-0.3, -0.25) is 4.79 Å². The van der Waals surface area contributed by atoms with Crippen LogP contribution in [0, 0.1) is 0 Å². The van der Waals surface area contributed by atoms with E-state index in [2.05, 4.69) is 0 Å². The number of rotatable bonds is 7. The SMILES string of the molecule is NCCCN(Cc1ccccc1)C(=O)C(F)(F)c1ccccc1. The van der Waals surface area contributed by atoms with Gasteiger partial charge in [-0.2, -0.15) is 8.78 Å². The van der Waals surface area contributed by atoms with Gasteiger partial charge in [0.2, 0.25) is 0 Å². The Balaban J connectivity index is 2.22. The first-order valence-corrected chi connectivity index (χ1v) is 7.52. The molecule has 0 aliphatic carbocycles. The molecular formula is C18H20F2N2O. The zero-order chi connectivity index (χ0) is 16.7. The highest BCUT2D eigenvalue weighted by Gasteiger charge is 2.43. The number of hydrogen-bond donors (Lipinski definition) is 1. The summed E-state index contributed by atoms with van der Waals surface area (Å²) >= 11 is 0. The molecule has 2 rings (SSSR count). The van der Waals surface area contributed by atoms with E-state index in [9.17, 15) is 13.6 Å². The van der Waals surface area contributed by atoms with Crippen LogP contribution in [0.5, 0.6) is 0 Å². The topological polar surface area (TPSA) is 46.3 Å². The summed E-state index contributed by atoms with van der Waals surface area (Å²) < 4.78 is 29.0. The van der Waals surface area contributed by atoms with Gasteiger partial charge in [-0.05, 0) is 18.5 Å². The standard InChI is InChI=1S/C18H20F2N2O/c19-18(20,16-10-5-2-6-11-16)17(23)22(13-7-12-21)14-15-8-3-1-4-9-15/h1-6,8-11H,7,12-14,21H2. The normalized spacial score (nSPS) is 11.3. The average molecular weight is 318 g/mol. The van der Waals surface area contributed by atoms with Gasteiger partial charge < -0.3 is 10.6 Å². The molecule has 0 saturated heterocycles.